The number of carbonyl (C=O) groups excluding carboxylic acids is 3. The molecular formula is C17H22N4O6. The smallest absolute Gasteiger partial charge is 0.325 e. The van der Waals surface area contributed by atoms with Gasteiger partial charge in [0, 0.05) is 12.5 Å². The van der Waals surface area contributed by atoms with Crippen LogP contribution in [0.4, 0.5) is 5.69 Å². The zero-order valence-electron chi connectivity index (χ0n) is 15.4. The van der Waals surface area contributed by atoms with E-state index in [1.165, 1.54) is 18.2 Å². The van der Waals surface area contributed by atoms with Gasteiger partial charge in [-0.1, -0.05) is 6.07 Å². The Labute approximate surface area is 155 Å². The van der Waals surface area contributed by atoms with Gasteiger partial charge in [-0.25, -0.2) is 5.43 Å². The van der Waals surface area contributed by atoms with Crippen molar-refractivity contribution in [2.45, 2.75) is 51.8 Å². The molecule has 0 saturated heterocycles. The van der Waals surface area contributed by atoms with Gasteiger partial charge in [0.15, 0.2) is 0 Å². The lowest BCUT2D eigenvalue weighted by Gasteiger charge is -2.27. The van der Waals surface area contributed by atoms with E-state index in [-0.39, 0.29) is 36.2 Å². The van der Waals surface area contributed by atoms with E-state index >= 15 is 0 Å². The van der Waals surface area contributed by atoms with E-state index < -0.39 is 34.3 Å². The van der Waals surface area contributed by atoms with Gasteiger partial charge in [-0.05, 0) is 33.3 Å². The summed E-state index contributed by atoms with van der Waals surface area (Å²) in [5.74, 6) is -1.75. The normalized spacial score (nSPS) is 14.6. The largest absolute Gasteiger partial charge is 0.459 e. The number of nitro groups is 1. The number of nitrogens with two attached hydrogens (primary N) is 1. The number of carbonyl (C=O) groups is 3. The Morgan fingerprint density at radius 3 is 2.63 bits per heavy atom. The number of fused-ring (bicyclic) bond motifs is 1. The van der Waals surface area contributed by atoms with E-state index in [2.05, 4.69) is 5.43 Å². The Kier molecular flexibility index (Phi) is 5.79. The molecule has 0 spiro atoms. The standard InChI is InChI=1S/C17H22N4O6/c1-17(2,3)27-16(24)12(7-8-14(18)22)19-20-9-11-10(15(20)23)5-4-6-13(11)21(25)26/h4-6,12,19H,7-9H2,1-3H3,(H2,18,22)/t12-/m0/s1. The molecule has 10 nitrogen and oxygen atoms in total. The van der Waals surface area contributed by atoms with Gasteiger partial charge in [0.2, 0.25) is 5.91 Å². The molecule has 1 aromatic carbocycles. The Hall–Kier alpha value is -3.01. The van der Waals surface area contributed by atoms with Crippen LogP contribution in [0.3, 0.4) is 0 Å². The van der Waals surface area contributed by atoms with Gasteiger partial charge in [-0.2, -0.15) is 0 Å². The quantitative estimate of drug-likeness (QED) is 0.409. The number of nitro benzene ring substituents is 1. The van der Waals surface area contributed by atoms with Crippen LogP contribution in [0.1, 0.15) is 49.5 Å². The molecule has 2 rings (SSSR count). The monoisotopic (exact) mass is 378 g/mol. The van der Waals surface area contributed by atoms with Crippen molar-refractivity contribution >= 4 is 23.5 Å². The van der Waals surface area contributed by atoms with Crippen LogP contribution in [-0.4, -0.2) is 39.4 Å². The lowest BCUT2D eigenvalue weighted by atomic mass is 10.1. The van der Waals surface area contributed by atoms with Crippen molar-refractivity contribution in [3.63, 3.8) is 0 Å². The van der Waals surface area contributed by atoms with Gasteiger partial charge < -0.3 is 10.5 Å². The summed E-state index contributed by atoms with van der Waals surface area (Å²) in [7, 11) is 0. The Morgan fingerprint density at radius 1 is 1.41 bits per heavy atom. The first-order chi connectivity index (χ1) is 12.5. The van der Waals surface area contributed by atoms with Crippen molar-refractivity contribution in [1.82, 2.24) is 10.4 Å². The summed E-state index contributed by atoms with van der Waals surface area (Å²) >= 11 is 0. The number of hydrazine groups is 1. The molecule has 146 valence electrons. The highest BCUT2D eigenvalue weighted by atomic mass is 16.6. The topological polar surface area (TPSA) is 145 Å². The van der Waals surface area contributed by atoms with Gasteiger partial charge in [0.1, 0.15) is 11.6 Å². The van der Waals surface area contributed by atoms with Crippen LogP contribution >= 0.6 is 0 Å². The minimum atomic E-state index is -1.01. The number of nitrogens with one attached hydrogen (secondary N) is 1. The van der Waals surface area contributed by atoms with Crippen LogP contribution in [-0.2, 0) is 20.9 Å². The van der Waals surface area contributed by atoms with Crippen molar-refractivity contribution in [3.05, 3.63) is 39.4 Å². The van der Waals surface area contributed by atoms with Gasteiger partial charge in [0.25, 0.3) is 11.6 Å². The third kappa shape index (κ3) is 5.00. The first kappa shape index (κ1) is 20.3. The second kappa shape index (κ2) is 7.70. The molecule has 2 amide bonds. The van der Waals surface area contributed by atoms with E-state index in [9.17, 15) is 24.5 Å². The molecule has 3 N–H and O–H groups in total. The predicted molar refractivity (Wildman–Crippen MR) is 94.2 cm³/mol. The maximum Gasteiger partial charge on any atom is 0.325 e. The molecule has 1 atom stereocenters. The Balaban J connectivity index is 2.21. The summed E-state index contributed by atoms with van der Waals surface area (Å²) in [6.45, 7) is 4.99. The predicted octanol–water partition coefficient (Wildman–Crippen LogP) is 1.03. The lowest BCUT2D eigenvalue weighted by molar-refractivity contribution is -0.385. The molecule has 27 heavy (non-hydrogen) atoms. The lowest BCUT2D eigenvalue weighted by Crippen LogP contribution is -2.50. The molecule has 0 radical (unpaired) electrons. The molecular weight excluding hydrogens is 356 g/mol. The highest BCUT2D eigenvalue weighted by molar-refractivity contribution is 5.99. The number of hydrogen-bond donors (Lipinski definition) is 2. The molecule has 1 heterocycles. The van der Waals surface area contributed by atoms with Crippen LogP contribution in [0.2, 0.25) is 0 Å². The van der Waals surface area contributed by atoms with Crippen LogP contribution in [0.15, 0.2) is 18.2 Å². The van der Waals surface area contributed by atoms with E-state index in [1.54, 1.807) is 20.8 Å². The number of amides is 2. The SMILES string of the molecule is CC(C)(C)OC(=O)[C@H](CCC(N)=O)NN1Cc2c(cccc2[N+](=O)[O-])C1=O. The summed E-state index contributed by atoms with van der Waals surface area (Å²) in [5.41, 5.74) is 7.40. The molecule has 0 aliphatic carbocycles. The van der Waals surface area contributed by atoms with Crippen molar-refractivity contribution in [2.75, 3.05) is 0 Å². The zero-order valence-corrected chi connectivity index (χ0v) is 15.4. The van der Waals surface area contributed by atoms with Crippen LogP contribution in [0.25, 0.3) is 0 Å². The van der Waals surface area contributed by atoms with Crippen LogP contribution in [0.5, 0.6) is 0 Å². The van der Waals surface area contributed by atoms with Crippen molar-refractivity contribution < 1.29 is 24.0 Å². The fraction of sp³-hybridized carbons (Fsp3) is 0.471. The second-order valence-electron chi connectivity index (χ2n) is 7.17. The second-order valence-corrected chi connectivity index (χ2v) is 7.17. The van der Waals surface area contributed by atoms with Crippen molar-refractivity contribution in [1.29, 1.82) is 0 Å². The van der Waals surface area contributed by atoms with E-state index in [0.717, 1.165) is 5.01 Å². The average Bonchev–Trinajstić information content (AvgIpc) is 2.85. The minimum Gasteiger partial charge on any atom is -0.459 e. The zero-order chi connectivity index (χ0) is 20.4. The van der Waals surface area contributed by atoms with E-state index in [1.807, 2.05) is 0 Å². The number of ether oxygens (including phenoxy) is 1. The minimum absolute atomic E-state index is 0.0203. The van der Waals surface area contributed by atoms with Gasteiger partial charge in [-0.15, -0.1) is 0 Å². The molecule has 0 bridgehead atoms. The number of hydrogen-bond acceptors (Lipinski definition) is 7. The number of benzene rings is 1. The molecule has 1 aliphatic heterocycles. The van der Waals surface area contributed by atoms with E-state index in [4.69, 9.17) is 10.5 Å². The average molecular weight is 378 g/mol. The molecule has 0 saturated carbocycles. The Morgan fingerprint density at radius 2 is 2.07 bits per heavy atom. The maximum atomic E-state index is 12.6. The van der Waals surface area contributed by atoms with Gasteiger partial charge in [-0.3, -0.25) is 29.5 Å². The number of primary amides is 1. The fourth-order valence-corrected chi connectivity index (χ4v) is 2.67. The first-order valence-corrected chi connectivity index (χ1v) is 8.35. The summed E-state index contributed by atoms with van der Waals surface area (Å²) in [4.78, 5) is 46.7. The van der Waals surface area contributed by atoms with Crippen LogP contribution < -0.4 is 11.2 Å². The molecule has 0 unspecified atom stereocenters. The summed E-state index contributed by atoms with van der Waals surface area (Å²) < 4.78 is 5.32. The summed E-state index contributed by atoms with van der Waals surface area (Å²) in [5, 5.41) is 12.3. The highest BCUT2D eigenvalue weighted by Gasteiger charge is 2.36. The van der Waals surface area contributed by atoms with E-state index in [0.29, 0.717) is 0 Å². The fourth-order valence-electron chi connectivity index (χ4n) is 2.67. The van der Waals surface area contributed by atoms with Gasteiger partial charge in [0.05, 0.1) is 22.6 Å². The summed E-state index contributed by atoms with van der Waals surface area (Å²) in [6.07, 6.45) is -0.0709. The van der Waals surface area contributed by atoms with Gasteiger partial charge >= 0.3 is 5.97 Å². The molecule has 0 fully saturated rings. The number of nitrogens with zero attached hydrogens (tertiary/aromatic N) is 2. The Bertz CT molecular complexity index is 786. The molecule has 1 aliphatic rings. The van der Waals surface area contributed by atoms with Crippen molar-refractivity contribution in [2.24, 2.45) is 5.73 Å². The first-order valence-electron chi connectivity index (χ1n) is 8.35. The van der Waals surface area contributed by atoms with Crippen LogP contribution in [0, 0.1) is 10.1 Å². The number of esters is 1. The molecule has 1 aromatic rings. The summed E-state index contributed by atoms with van der Waals surface area (Å²) in [6, 6.07) is 3.22. The maximum absolute atomic E-state index is 12.6. The highest BCUT2D eigenvalue weighted by Crippen LogP contribution is 2.30. The van der Waals surface area contributed by atoms with Crippen molar-refractivity contribution in [3.8, 4) is 0 Å². The third-order valence-corrected chi connectivity index (χ3v) is 3.82. The number of rotatable bonds is 7. The third-order valence-electron chi connectivity index (χ3n) is 3.82. The molecule has 10 heteroatoms. The molecule has 0 aromatic heterocycles.